The van der Waals surface area contributed by atoms with Crippen molar-refractivity contribution in [3.8, 4) is 5.75 Å². The highest BCUT2D eigenvalue weighted by Crippen LogP contribution is 2.30. The second-order valence-corrected chi connectivity index (χ2v) is 5.41. The molecule has 0 unspecified atom stereocenters. The summed E-state index contributed by atoms with van der Waals surface area (Å²) < 4.78 is 5.10. The molecule has 1 fully saturated rings. The number of piperidine rings is 1. The highest BCUT2D eigenvalue weighted by Gasteiger charge is 2.26. The van der Waals surface area contributed by atoms with Crippen LogP contribution in [0, 0.1) is 16.0 Å². The van der Waals surface area contributed by atoms with Gasteiger partial charge in [0.05, 0.1) is 23.8 Å². The Morgan fingerprint density at radius 3 is 2.52 bits per heavy atom. The van der Waals surface area contributed by atoms with E-state index in [4.69, 9.17) is 4.74 Å². The highest BCUT2D eigenvalue weighted by molar-refractivity contribution is 5.94. The van der Waals surface area contributed by atoms with Crippen molar-refractivity contribution in [1.29, 1.82) is 0 Å². The predicted octanol–water partition coefficient (Wildman–Crippen LogP) is 1.80. The summed E-state index contributed by atoms with van der Waals surface area (Å²) in [7, 11) is 1.39. The monoisotopic (exact) mass is 321 g/mol. The van der Waals surface area contributed by atoms with Crippen LogP contribution in [-0.4, -0.2) is 41.8 Å². The minimum absolute atomic E-state index is 0.0147. The standard InChI is InChI=1S/C15H19N3O5/c1-10(19)17-7-5-11(6-8-17)15(20)16-13-4-3-12(18(21)22)9-14(13)23-2/h3-4,9,11H,5-8H2,1-2H3,(H,16,20). The number of hydrogen-bond acceptors (Lipinski definition) is 5. The van der Waals surface area contributed by atoms with E-state index in [0.717, 1.165) is 0 Å². The van der Waals surface area contributed by atoms with Crippen LogP contribution < -0.4 is 10.1 Å². The molecule has 23 heavy (non-hydrogen) atoms. The van der Waals surface area contributed by atoms with E-state index in [1.807, 2.05) is 0 Å². The van der Waals surface area contributed by atoms with E-state index in [-0.39, 0.29) is 29.2 Å². The van der Waals surface area contributed by atoms with Gasteiger partial charge in [0.1, 0.15) is 5.75 Å². The van der Waals surface area contributed by atoms with Crippen molar-refractivity contribution in [2.24, 2.45) is 5.92 Å². The van der Waals surface area contributed by atoms with Crippen molar-refractivity contribution >= 4 is 23.2 Å². The zero-order valence-electron chi connectivity index (χ0n) is 13.1. The molecule has 0 aliphatic carbocycles. The molecule has 0 bridgehead atoms. The molecule has 0 atom stereocenters. The Morgan fingerprint density at radius 2 is 2.00 bits per heavy atom. The molecule has 1 heterocycles. The number of benzene rings is 1. The van der Waals surface area contributed by atoms with Gasteiger partial charge in [0.25, 0.3) is 5.69 Å². The average molecular weight is 321 g/mol. The van der Waals surface area contributed by atoms with E-state index in [1.165, 1.54) is 32.2 Å². The minimum Gasteiger partial charge on any atom is -0.494 e. The second kappa shape index (κ2) is 7.08. The number of rotatable bonds is 4. The molecule has 2 amide bonds. The molecule has 1 aromatic rings. The molecule has 0 saturated carbocycles. The second-order valence-electron chi connectivity index (χ2n) is 5.41. The minimum atomic E-state index is -0.522. The maximum atomic E-state index is 12.3. The number of hydrogen-bond donors (Lipinski definition) is 1. The normalized spacial score (nSPS) is 15.1. The van der Waals surface area contributed by atoms with Gasteiger partial charge in [-0.2, -0.15) is 0 Å². The summed E-state index contributed by atoms with van der Waals surface area (Å²) in [6.07, 6.45) is 1.20. The van der Waals surface area contributed by atoms with E-state index in [0.29, 0.717) is 31.6 Å². The van der Waals surface area contributed by atoms with Crippen LogP contribution in [0.3, 0.4) is 0 Å². The van der Waals surface area contributed by atoms with E-state index in [1.54, 1.807) is 4.90 Å². The van der Waals surface area contributed by atoms with Gasteiger partial charge in [-0.15, -0.1) is 0 Å². The lowest BCUT2D eigenvalue weighted by atomic mass is 9.95. The van der Waals surface area contributed by atoms with Crippen molar-refractivity contribution in [3.63, 3.8) is 0 Å². The van der Waals surface area contributed by atoms with Gasteiger partial charge in [-0.3, -0.25) is 19.7 Å². The number of carbonyl (C=O) groups excluding carboxylic acids is 2. The van der Waals surface area contributed by atoms with E-state index in [2.05, 4.69) is 5.32 Å². The molecule has 1 aliphatic rings. The highest BCUT2D eigenvalue weighted by atomic mass is 16.6. The van der Waals surface area contributed by atoms with Crippen LogP contribution in [0.4, 0.5) is 11.4 Å². The van der Waals surface area contributed by atoms with Gasteiger partial charge in [-0.1, -0.05) is 0 Å². The summed E-state index contributed by atoms with van der Waals surface area (Å²) in [4.78, 5) is 35.6. The number of nitrogens with zero attached hydrogens (tertiary/aromatic N) is 2. The quantitative estimate of drug-likeness (QED) is 0.673. The number of amides is 2. The van der Waals surface area contributed by atoms with Gasteiger partial charge in [0, 0.05) is 32.0 Å². The zero-order chi connectivity index (χ0) is 17.0. The zero-order valence-corrected chi connectivity index (χ0v) is 13.1. The summed E-state index contributed by atoms with van der Waals surface area (Å²) in [5.74, 6) is -0.0968. The Kier molecular flexibility index (Phi) is 5.15. The molecule has 1 N–H and O–H groups in total. The molecule has 8 nitrogen and oxygen atoms in total. The van der Waals surface area contributed by atoms with E-state index >= 15 is 0 Å². The summed E-state index contributed by atoms with van der Waals surface area (Å²) >= 11 is 0. The molecule has 1 saturated heterocycles. The first-order chi connectivity index (χ1) is 10.9. The Morgan fingerprint density at radius 1 is 1.35 bits per heavy atom. The Bertz CT molecular complexity index is 624. The molecule has 1 aliphatic heterocycles. The molecule has 124 valence electrons. The van der Waals surface area contributed by atoms with Gasteiger partial charge >= 0.3 is 0 Å². The molecular weight excluding hydrogens is 302 g/mol. The lowest BCUT2D eigenvalue weighted by molar-refractivity contribution is -0.384. The number of likely N-dealkylation sites (tertiary alicyclic amines) is 1. The first-order valence-corrected chi connectivity index (χ1v) is 7.31. The van der Waals surface area contributed by atoms with E-state index < -0.39 is 4.92 Å². The van der Waals surface area contributed by atoms with Crippen molar-refractivity contribution in [2.45, 2.75) is 19.8 Å². The molecule has 8 heteroatoms. The Balaban J connectivity index is 2.03. The van der Waals surface area contributed by atoms with Crippen LogP contribution in [0.25, 0.3) is 0 Å². The largest absolute Gasteiger partial charge is 0.494 e. The molecule has 2 rings (SSSR count). The Labute approximate surface area is 133 Å². The number of nitrogens with one attached hydrogen (secondary N) is 1. The number of non-ortho nitro benzene ring substituents is 1. The molecule has 1 aromatic carbocycles. The van der Waals surface area contributed by atoms with Gasteiger partial charge in [-0.05, 0) is 18.9 Å². The number of carbonyl (C=O) groups is 2. The topological polar surface area (TPSA) is 102 Å². The number of nitro benzene ring substituents is 1. The van der Waals surface area contributed by atoms with Crippen LogP contribution in [0.2, 0.25) is 0 Å². The fraction of sp³-hybridized carbons (Fsp3) is 0.467. The van der Waals surface area contributed by atoms with Gasteiger partial charge < -0.3 is 15.0 Å². The summed E-state index contributed by atoms with van der Waals surface area (Å²) in [5.41, 5.74) is 0.298. The summed E-state index contributed by atoms with van der Waals surface area (Å²) in [6, 6.07) is 4.05. The summed E-state index contributed by atoms with van der Waals surface area (Å²) in [6.45, 7) is 2.64. The van der Waals surface area contributed by atoms with Crippen LogP contribution in [-0.2, 0) is 9.59 Å². The third kappa shape index (κ3) is 3.97. The first kappa shape index (κ1) is 16.7. The molecular formula is C15H19N3O5. The van der Waals surface area contributed by atoms with Crippen LogP contribution in [0.1, 0.15) is 19.8 Å². The predicted molar refractivity (Wildman–Crippen MR) is 83.3 cm³/mol. The van der Waals surface area contributed by atoms with E-state index in [9.17, 15) is 19.7 Å². The van der Waals surface area contributed by atoms with Crippen LogP contribution >= 0.6 is 0 Å². The summed E-state index contributed by atoms with van der Waals surface area (Å²) in [5, 5.41) is 13.5. The molecule has 0 spiro atoms. The number of methoxy groups -OCH3 is 1. The Hall–Kier alpha value is -2.64. The average Bonchev–Trinajstić information content (AvgIpc) is 2.55. The fourth-order valence-electron chi connectivity index (χ4n) is 2.59. The lowest BCUT2D eigenvalue weighted by Gasteiger charge is -2.30. The third-order valence-corrected chi connectivity index (χ3v) is 3.96. The third-order valence-electron chi connectivity index (χ3n) is 3.96. The van der Waals surface area contributed by atoms with Gasteiger partial charge in [-0.25, -0.2) is 0 Å². The lowest BCUT2D eigenvalue weighted by Crippen LogP contribution is -2.40. The van der Waals surface area contributed by atoms with Gasteiger partial charge in [0.15, 0.2) is 0 Å². The number of nitro groups is 1. The number of anilines is 1. The molecule has 0 aromatic heterocycles. The smallest absolute Gasteiger partial charge is 0.273 e. The SMILES string of the molecule is COc1cc([N+](=O)[O-])ccc1NC(=O)C1CCN(C(C)=O)CC1. The van der Waals surface area contributed by atoms with Crippen molar-refractivity contribution < 1.29 is 19.2 Å². The van der Waals surface area contributed by atoms with Crippen molar-refractivity contribution in [3.05, 3.63) is 28.3 Å². The maximum Gasteiger partial charge on any atom is 0.273 e. The van der Waals surface area contributed by atoms with Crippen molar-refractivity contribution in [1.82, 2.24) is 4.90 Å². The van der Waals surface area contributed by atoms with Gasteiger partial charge in [0.2, 0.25) is 11.8 Å². The molecule has 0 radical (unpaired) electrons. The van der Waals surface area contributed by atoms with Crippen LogP contribution in [0.15, 0.2) is 18.2 Å². The van der Waals surface area contributed by atoms with Crippen molar-refractivity contribution in [2.75, 3.05) is 25.5 Å². The van der Waals surface area contributed by atoms with Crippen LogP contribution in [0.5, 0.6) is 5.75 Å². The fourth-order valence-corrected chi connectivity index (χ4v) is 2.59. The first-order valence-electron chi connectivity index (χ1n) is 7.31. The number of ether oxygens (including phenoxy) is 1. The maximum absolute atomic E-state index is 12.3.